The summed E-state index contributed by atoms with van der Waals surface area (Å²) in [5.41, 5.74) is 2.40. The number of nitrogens with one attached hydrogen (secondary N) is 1. The molecule has 0 aliphatic rings. The van der Waals surface area contributed by atoms with E-state index < -0.39 is 15.6 Å². The minimum absolute atomic E-state index is 0.417. The first-order valence-corrected chi connectivity index (χ1v) is 11.9. The van der Waals surface area contributed by atoms with Crippen molar-refractivity contribution in [3.8, 4) is 11.1 Å². The highest BCUT2D eigenvalue weighted by atomic mass is 79.9. The number of hydrogen-bond donors (Lipinski definition) is 1. The van der Waals surface area contributed by atoms with Crippen LogP contribution in [0.2, 0.25) is 0 Å². The Balaban J connectivity index is 2.50. The van der Waals surface area contributed by atoms with Crippen LogP contribution in [0.5, 0.6) is 0 Å². The van der Waals surface area contributed by atoms with Crippen molar-refractivity contribution in [2.24, 2.45) is 0 Å². The second kappa shape index (κ2) is 8.33. The van der Waals surface area contributed by atoms with Gasteiger partial charge < -0.3 is 0 Å². The minimum Gasteiger partial charge on any atom is -0.206 e. The SMILES string of the molecule is CCCCc1cc(-c2ccc(CBr)cc2)c(S(=O)(=O)NC(C)(C)C)s1. The summed E-state index contributed by atoms with van der Waals surface area (Å²) in [6.45, 7) is 7.73. The molecular formula is C19H26BrNO2S2. The van der Waals surface area contributed by atoms with Crippen molar-refractivity contribution in [1.29, 1.82) is 0 Å². The first kappa shape index (κ1) is 20.6. The molecule has 1 aromatic heterocycles. The first-order valence-electron chi connectivity index (χ1n) is 8.48. The van der Waals surface area contributed by atoms with Gasteiger partial charge in [0.25, 0.3) is 10.0 Å². The van der Waals surface area contributed by atoms with Gasteiger partial charge in [-0.1, -0.05) is 53.5 Å². The molecule has 1 aromatic carbocycles. The molecule has 0 aliphatic carbocycles. The molecular weight excluding hydrogens is 418 g/mol. The lowest BCUT2D eigenvalue weighted by molar-refractivity contribution is 0.493. The first-order chi connectivity index (χ1) is 11.7. The lowest BCUT2D eigenvalue weighted by Gasteiger charge is -2.20. The normalized spacial score (nSPS) is 12.5. The van der Waals surface area contributed by atoms with E-state index in [1.165, 1.54) is 16.9 Å². The number of aryl methyl sites for hydroxylation is 1. The topological polar surface area (TPSA) is 46.2 Å². The standard InChI is InChI=1S/C19H26BrNO2S2/c1-5-6-7-16-12-17(15-10-8-14(13-20)9-11-15)18(24-16)25(22,23)21-19(2,3)4/h8-12,21H,5-7,13H2,1-4H3. The molecule has 0 saturated carbocycles. The molecule has 0 amide bonds. The van der Waals surface area contributed by atoms with E-state index >= 15 is 0 Å². The average molecular weight is 444 g/mol. The highest BCUT2D eigenvalue weighted by Gasteiger charge is 2.27. The summed E-state index contributed by atoms with van der Waals surface area (Å²) in [4.78, 5) is 1.12. The molecule has 1 N–H and O–H groups in total. The van der Waals surface area contributed by atoms with Crippen LogP contribution in [0.4, 0.5) is 0 Å². The number of rotatable bonds is 7. The molecule has 0 saturated heterocycles. The Bertz CT molecular complexity index is 803. The fraction of sp³-hybridized carbons (Fsp3) is 0.474. The minimum atomic E-state index is -3.56. The zero-order chi connectivity index (χ0) is 18.7. The van der Waals surface area contributed by atoms with E-state index in [1.54, 1.807) is 0 Å². The monoisotopic (exact) mass is 443 g/mol. The third kappa shape index (κ3) is 5.64. The number of alkyl halides is 1. The van der Waals surface area contributed by atoms with Gasteiger partial charge in [0.2, 0.25) is 0 Å². The van der Waals surface area contributed by atoms with Gasteiger partial charge in [-0.3, -0.25) is 0 Å². The van der Waals surface area contributed by atoms with Gasteiger partial charge in [0.15, 0.2) is 0 Å². The van der Waals surface area contributed by atoms with Gasteiger partial charge in [-0.05, 0) is 50.8 Å². The Morgan fingerprint density at radius 3 is 2.32 bits per heavy atom. The maximum atomic E-state index is 12.9. The summed E-state index contributed by atoms with van der Waals surface area (Å²) in [6.07, 6.45) is 3.07. The van der Waals surface area contributed by atoms with Gasteiger partial charge in [-0.15, -0.1) is 11.3 Å². The molecule has 0 aliphatic heterocycles. The van der Waals surface area contributed by atoms with E-state index in [9.17, 15) is 8.42 Å². The predicted molar refractivity (Wildman–Crippen MR) is 111 cm³/mol. The lowest BCUT2D eigenvalue weighted by atomic mass is 10.1. The Hall–Kier alpha value is -0.690. The molecule has 1 heterocycles. The molecule has 0 radical (unpaired) electrons. The average Bonchev–Trinajstić information content (AvgIpc) is 2.96. The summed E-state index contributed by atoms with van der Waals surface area (Å²) in [6, 6.07) is 10.1. The van der Waals surface area contributed by atoms with Crippen molar-refractivity contribution < 1.29 is 8.42 Å². The maximum absolute atomic E-state index is 12.9. The van der Waals surface area contributed by atoms with Crippen LogP contribution in [0.3, 0.4) is 0 Å². The number of halogens is 1. The largest absolute Gasteiger partial charge is 0.251 e. The summed E-state index contributed by atoms with van der Waals surface area (Å²) in [7, 11) is -3.56. The molecule has 2 rings (SSSR count). The Kier molecular flexibility index (Phi) is 6.87. The zero-order valence-electron chi connectivity index (χ0n) is 15.2. The molecule has 138 valence electrons. The van der Waals surface area contributed by atoms with Crippen molar-refractivity contribution in [2.75, 3.05) is 0 Å². The summed E-state index contributed by atoms with van der Waals surface area (Å²) in [5, 5.41) is 0.787. The van der Waals surface area contributed by atoms with Gasteiger partial charge in [-0.25, -0.2) is 13.1 Å². The van der Waals surface area contributed by atoms with Crippen molar-refractivity contribution in [3.05, 3.63) is 40.8 Å². The summed E-state index contributed by atoms with van der Waals surface area (Å²) >= 11 is 4.84. The molecule has 6 heteroatoms. The van der Waals surface area contributed by atoms with Crippen LogP contribution in [0.15, 0.2) is 34.5 Å². The van der Waals surface area contributed by atoms with Crippen LogP contribution in [-0.4, -0.2) is 14.0 Å². The van der Waals surface area contributed by atoms with Gasteiger partial charge in [0.05, 0.1) is 0 Å². The van der Waals surface area contributed by atoms with E-state index in [0.29, 0.717) is 4.21 Å². The van der Waals surface area contributed by atoms with Crippen LogP contribution >= 0.6 is 27.3 Å². The van der Waals surface area contributed by atoms with Crippen LogP contribution in [0.1, 0.15) is 51.0 Å². The number of benzene rings is 1. The number of hydrogen-bond acceptors (Lipinski definition) is 3. The lowest BCUT2D eigenvalue weighted by Crippen LogP contribution is -2.40. The molecule has 2 aromatic rings. The summed E-state index contributed by atoms with van der Waals surface area (Å²) < 4.78 is 29.1. The van der Waals surface area contributed by atoms with Crippen LogP contribution < -0.4 is 4.72 Å². The fourth-order valence-electron chi connectivity index (χ4n) is 2.52. The molecule has 0 unspecified atom stereocenters. The molecule has 3 nitrogen and oxygen atoms in total. The van der Waals surface area contributed by atoms with Gasteiger partial charge >= 0.3 is 0 Å². The quantitative estimate of drug-likeness (QED) is 0.555. The Morgan fingerprint density at radius 2 is 1.80 bits per heavy atom. The second-order valence-electron chi connectivity index (χ2n) is 7.20. The van der Waals surface area contributed by atoms with Crippen molar-refractivity contribution in [1.82, 2.24) is 4.72 Å². The van der Waals surface area contributed by atoms with Crippen molar-refractivity contribution >= 4 is 37.3 Å². The van der Waals surface area contributed by atoms with E-state index in [-0.39, 0.29) is 0 Å². The van der Waals surface area contributed by atoms with E-state index in [2.05, 4.69) is 27.6 Å². The number of sulfonamides is 1. The van der Waals surface area contributed by atoms with Gasteiger partial charge in [0.1, 0.15) is 4.21 Å². The van der Waals surface area contributed by atoms with E-state index in [4.69, 9.17) is 0 Å². The van der Waals surface area contributed by atoms with Crippen molar-refractivity contribution in [2.45, 2.75) is 62.0 Å². The fourth-order valence-corrected chi connectivity index (χ4v) is 6.09. The molecule has 25 heavy (non-hydrogen) atoms. The highest BCUT2D eigenvalue weighted by molar-refractivity contribution is 9.08. The molecule has 0 spiro atoms. The zero-order valence-corrected chi connectivity index (χ0v) is 18.4. The molecule has 0 fully saturated rings. The van der Waals surface area contributed by atoms with Crippen LogP contribution in [0, 0.1) is 0 Å². The van der Waals surface area contributed by atoms with Crippen LogP contribution in [-0.2, 0) is 21.8 Å². The van der Waals surface area contributed by atoms with Gasteiger partial charge in [-0.2, -0.15) is 0 Å². The van der Waals surface area contributed by atoms with Crippen molar-refractivity contribution in [3.63, 3.8) is 0 Å². The third-order valence-electron chi connectivity index (χ3n) is 3.63. The third-order valence-corrected chi connectivity index (χ3v) is 7.76. The maximum Gasteiger partial charge on any atom is 0.251 e. The number of unbranched alkanes of at least 4 members (excludes halogenated alkanes) is 1. The Morgan fingerprint density at radius 1 is 1.16 bits per heavy atom. The second-order valence-corrected chi connectivity index (χ2v) is 10.8. The smallest absolute Gasteiger partial charge is 0.206 e. The molecule has 0 atom stereocenters. The summed E-state index contributed by atoms with van der Waals surface area (Å²) in [5.74, 6) is 0. The van der Waals surface area contributed by atoms with Crippen LogP contribution in [0.25, 0.3) is 11.1 Å². The predicted octanol–water partition coefficient (Wildman–Crippen LogP) is 5.73. The van der Waals surface area contributed by atoms with E-state index in [1.807, 2.05) is 51.1 Å². The molecule has 0 bridgehead atoms. The Labute approximate surface area is 164 Å². The number of thiophene rings is 1. The highest BCUT2D eigenvalue weighted by Crippen LogP contribution is 2.36. The van der Waals surface area contributed by atoms with Gasteiger partial charge in [0, 0.05) is 21.3 Å². The van der Waals surface area contributed by atoms with E-state index in [0.717, 1.165) is 40.6 Å².